The molecular formula is C12H15Cl2N3O2S. The third-order valence-electron chi connectivity index (χ3n) is 2.98. The first-order valence-electron chi connectivity index (χ1n) is 5.96. The van der Waals surface area contributed by atoms with Gasteiger partial charge >= 0.3 is 0 Å². The summed E-state index contributed by atoms with van der Waals surface area (Å²) in [4.78, 5) is 0.0649. The van der Waals surface area contributed by atoms with Crippen molar-refractivity contribution in [2.75, 3.05) is 26.2 Å². The fraction of sp³-hybridized carbons (Fsp3) is 0.417. The maximum atomic E-state index is 12.5. The Balaban J connectivity index is 0.00000200. The monoisotopic (exact) mass is 335 g/mol. The van der Waals surface area contributed by atoms with Gasteiger partial charge in [0.05, 0.1) is 16.7 Å². The number of hydrogen-bond donors (Lipinski definition) is 1. The van der Waals surface area contributed by atoms with Crippen LogP contribution in [-0.2, 0) is 10.0 Å². The van der Waals surface area contributed by atoms with Crippen LogP contribution in [0.15, 0.2) is 23.1 Å². The van der Waals surface area contributed by atoms with Gasteiger partial charge in [-0.2, -0.15) is 9.57 Å². The molecule has 1 N–H and O–H groups in total. The van der Waals surface area contributed by atoms with Gasteiger partial charge < -0.3 is 5.32 Å². The molecule has 0 saturated carbocycles. The van der Waals surface area contributed by atoms with E-state index in [0.717, 1.165) is 13.0 Å². The van der Waals surface area contributed by atoms with Gasteiger partial charge in [-0.25, -0.2) is 8.42 Å². The number of hydrogen-bond acceptors (Lipinski definition) is 4. The molecule has 110 valence electrons. The van der Waals surface area contributed by atoms with Gasteiger partial charge in [-0.15, -0.1) is 12.4 Å². The van der Waals surface area contributed by atoms with E-state index in [1.54, 1.807) is 0 Å². The second-order valence-electron chi connectivity index (χ2n) is 4.26. The Kier molecular flexibility index (Phi) is 6.24. The van der Waals surface area contributed by atoms with E-state index in [4.69, 9.17) is 16.9 Å². The minimum Gasteiger partial charge on any atom is -0.315 e. The Morgan fingerprint density at radius 1 is 1.30 bits per heavy atom. The highest BCUT2D eigenvalue weighted by molar-refractivity contribution is 7.89. The van der Waals surface area contributed by atoms with Gasteiger partial charge in [-0.05, 0) is 31.2 Å². The molecule has 1 aliphatic heterocycles. The number of halogens is 2. The molecule has 0 unspecified atom stereocenters. The van der Waals surface area contributed by atoms with Crippen LogP contribution in [0.3, 0.4) is 0 Å². The van der Waals surface area contributed by atoms with Crippen LogP contribution in [0, 0.1) is 11.3 Å². The Morgan fingerprint density at radius 2 is 2.05 bits per heavy atom. The molecule has 0 amide bonds. The molecule has 0 spiro atoms. The van der Waals surface area contributed by atoms with E-state index in [-0.39, 0.29) is 22.3 Å². The first kappa shape index (κ1) is 17.2. The molecule has 2 rings (SSSR count). The molecular weight excluding hydrogens is 321 g/mol. The number of nitrogens with zero attached hydrogens (tertiary/aromatic N) is 2. The van der Waals surface area contributed by atoms with Crippen molar-refractivity contribution in [2.24, 2.45) is 0 Å². The Labute approximate surface area is 130 Å². The molecule has 1 heterocycles. The Hall–Kier alpha value is -0.840. The number of nitriles is 1. The van der Waals surface area contributed by atoms with Gasteiger partial charge in [0.25, 0.3) is 0 Å². The van der Waals surface area contributed by atoms with Crippen molar-refractivity contribution in [1.82, 2.24) is 9.62 Å². The van der Waals surface area contributed by atoms with Crippen molar-refractivity contribution >= 4 is 34.0 Å². The average molecular weight is 336 g/mol. The number of nitrogens with one attached hydrogen (secondary N) is 1. The molecule has 0 bridgehead atoms. The Morgan fingerprint density at radius 3 is 2.70 bits per heavy atom. The largest absolute Gasteiger partial charge is 0.315 e. The summed E-state index contributed by atoms with van der Waals surface area (Å²) in [6.07, 6.45) is 0.771. The topological polar surface area (TPSA) is 73.2 Å². The quantitative estimate of drug-likeness (QED) is 0.891. The molecule has 0 aliphatic carbocycles. The average Bonchev–Trinajstić information content (AvgIpc) is 2.67. The first-order valence-corrected chi connectivity index (χ1v) is 7.78. The van der Waals surface area contributed by atoms with Crippen molar-refractivity contribution in [3.63, 3.8) is 0 Å². The van der Waals surface area contributed by atoms with Crippen LogP contribution in [0.4, 0.5) is 0 Å². The third kappa shape index (κ3) is 3.62. The molecule has 1 saturated heterocycles. The number of benzene rings is 1. The van der Waals surface area contributed by atoms with E-state index in [9.17, 15) is 8.42 Å². The predicted octanol–water partition coefficient (Wildman–Crippen LogP) is 1.62. The summed E-state index contributed by atoms with van der Waals surface area (Å²) in [6, 6.07) is 6.18. The molecule has 1 aliphatic rings. The molecule has 5 nitrogen and oxygen atoms in total. The molecule has 8 heteroatoms. The van der Waals surface area contributed by atoms with E-state index >= 15 is 0 Å². The van der Waals surface area contributed by atoms with Crippen LogP contribution in [-0.4, -0.2) is 38.9 Å². The van der Waals surface area contributed by atoms with Gasteiger partial charge in [0, 0.05) is 19.6 Å². The lowest BCUT2D eigenvalue weighted by atomic mass is 10.2. The minimum absolute atomic E-state index is 0. The lowest BCUT2D eigenvalue weighted by molar-refractivity contribution is 0.432. The minimum atomic E-state index is -3.59. The van der Waals surface area contributed by atoms with Gasteiger partial charge in [0.2, 0.25) is 10.0 Å². The Bertz CT molecular complexity index is 606. The summed E-state index contributed by atoms with van der Waals surface area (Å²) in [5, 5.41) is 12.0. The molecule has 1 aromatic carbocycles. The lowest BCUT2D eigenvalue weighted by Crippen LogP contribution is -2.34. The highest BCUT2D eigenvalue weighted by Crippen LogP contribution is 2.25. The van der Waals surface area contributed by atoms with Crippen LogP contribution < -0.4 is 5.32 Å². The second kappa shape index (κ2) is 7.25. The maximum absolute atomic E-state index is 12.5. The zero-order valence-electron chi connectivity index (χ0n) is 10.7. The maximum Gasteiger partial charge on any atom is 0.244 e. The van der Waals surface area contributed by atoms with Crippen LogP contribution in [0.25, 0.3) is 0 Å². The lowest BCUT2D eigenvalue weighted by Gasteiger charge is -2.20. The summed E-state index contributed by atoms with van der Waals surface area (Å²) in [6.45, 7) is 2.35. The van der Waals surface area contributed by atoms with Crippen molar-refractivity contribution in [3.05, 3.63) is 28.8 Å². The predicted molar refractivity (Wildman–Crippen MR) is 79.7 cm³/mol. The molecule has 0 atom stereocenters. The van der Waals surface area contributed by atoms with E-state index in [2.05, 4.69) is 5.32 Å². The summed E-state index contributed by atoms with van der Waals surface area (Å²) in [7, 11) is -3.59. The first-order chi connectivity index (χ1) is 9.05. The zero-order chi connectivity index (χ0) is 13.9. The van der Waals surface area contributed by atoms with Gasteiger partial charge in [-0.1, -0.05) is 11.6 Å². The molecule has 0 radical (unpaired) electrons. The van der Waals surface area contributed by atoms with E-state index in [0.29, 0.717) is 25.2 Å². The van der Waals surface area contributed by atoms with Crippen LogP contribution in [0.2, 0.25) is 5.02 Å². The SMILES string of the molecule is Cl.N#Cc1ccc(S(=O)(=O)N2CCCNCC2)c(Cl)c1. The summed E-state index contributed by atoms with van der Waals surface area (Å²) < 4.78 is 26.4. The van der Waals surface area contributed by atoms with E-state index in [1.165, 1.54) is 22.5 Å². The molecule has 1 aromatic rings. The normalized spacial score (nSPS) is 16.8. The van der Waals surface area contributed by atoms with Gasteiger partial charge in [-0.3, -0.25) is 0 Å². The van der Waals surface area contributed by atoms with Crippen molar-refractivity contribution < 1.29 is 8.42 Å². The van der Waals surface area contributed by atoms with E-state index < -0.39 is 10.0 Å². The highest BCUT2D eigenvalue weighted by Gasteiger charge is 2.27. The van der Waals surface area contributed by atoms with Gasteiger partial charge in [0.15, 0.2) is 0 Å². The second-order valence-corrected chi connectivity index (χ2v) is 6.58. The highest BCUT2D eigenvalue weighted by atomic mass is 35.5. The smallest absolute Gasteiger partial charge is 0.244 e. The van der Waals surface area contributed by atoms with Crippen LogP contribution >= 0.6 is 24.0 Å². The molecule has 1 fully saturated rings. The van der Waals surface area contributed by atoms with E-state index in [1.807, 2.05) is 6.07 Å². The third-order valence-corrected chi connectivity index (χ3v) is 5.36. The van der Waals surface area contributed by atoms with Crippen molar-refractivity contribution in [2.45, 2.75) is 11.3 Å². The summed E-state index contributed by atoms with van der Waals surface area (Å²) >= 11 is 5.98. The van der Waals surface area contributed by atoms with Crippen LogP contribution in [0.1, 0.15) is 12.0 Å². The van der Waals surface area contributed by atoms with Crippen molar-refractivity contribution in [1.29, 1.82) is 5.26 Å². The number of sulfonamides is 1. The summed E-state index contributed by atoms with van der Waals surface area (Å²) in [5.41, 5.74) is 0.349. The van der Waals surface area contributed by atoms with Gasteiger partial charge in [0.1, 0.15) is 4.90 Å². The van der Waals surface area contributed by atoms with Crippen molar-refractivity contribution in [3.8, 4) is 6.07 Å². The molecule has 20 heavy (non-hydrogen) atoms. The fourth-order valence-electron chi connectivity index (χ4n) is 1.98. The number of rotatable bonds is 2. The van der Waals surface area contributed by atoms with Crippen LogP contribution in [0.5, 0.6) is 0 Å². The fourth-order valence-corrected chi connectivity index (χ4v) is 3.98. The zero-order valence-corrected chi connectivity index (χ0v) is 13.1. The standard InChI is InChI=1S/C12H14ClN3O2S.ClH/c13-11-8-10(9-14)2-3-12(11)19(17,18)16-6-1-4-15-5-7-16;/h2-3,8,15H,1,4-7H2;1H. The summed E-state index contributed by atoms with van der Waals surface area (Å²) in [5.74, 6) is 0. The molecule has 0 aromatic heterocycles.